The summed E-state index contributed by atoms with van der Waals surface area (Å²) in [5.74, 6) is 1.01. The molecule has 1 aliphatic rings. The van der Waals surface area contributed by atoms with Crippen molar-refractivity contribution in [2.75, 3.05) is 6.54 Å². The lowest BCUT2D eigenvalue weighted by Crippen LogP contribution is -2.20. The van der Waals surface area contributed by atoms with Crippen molar-refractivity contribution in [3.05, 3.63) is 24.0 Å². The van der Waals surface area contributed by atoms with E-state index in [-0.39, 0.29) is 0 Å². The summed E-state index contributed by atoms with van der Waals surface area (Å²) < 4.78 is 0. The van der Waals surface area contributed by atoms with Gasteiger partial charge in [-0.1, -0.05) is 26.5 Å². The number of rotatable bonds is 2. The van der Waals surface area contributed by atoms with Crippen LogP contribution in [0.4, 0.5) is 0 Å². The molecule has 1 aliphatic heterocycles. The lowest BCUT2D eigenvalue weighted by atomic mass is 10.1. The smallest absolute Gasteiger partial charge is 0.129 e. The molecule has 1 rings (SSSR count). The Balaban J connectivity index is 0.000000791. The van der Waals surface area contributed by atoms with E-state index >= 15 is 0 Å². The fourth-order valence-electron chi connectivity index (χ4n) is 1.25. The highest BCUT2D eigenvalue weighted by atomic mass is 15.0. The summed E-state index contributed by atoms with van der Waals surface area (Å²) in [6.45, 7) is 12.8. The van der Waals surface area contributed by atoms with Gasteiger partial charge in [0, 0.05) is 12.3 Å². The molecule has 0 aromatic heterocycles. The Hall–Kier alpha value is -1.05. The zero-order valence-corrected chi connectivity index (χ0v) is 9.85. The van der Waals surface area contributed by atoms with Crippen LogP contribution in [0, 0.1) is 0 Å². The van der Waals surface area contributed by atoms with Gasteiger partial charge in [-0.2, -0.15) is 0 Å². The number of aliphatic imine (C=N–C) groups is 1. The molecule has 80 valence electrons. The average molecular weight is 194 g/mol. The zero-order valence-electron chi connectivity index (χ0n) is 9.85. The molecule has 0 atom stereocenters. The average Bonchev–Trinajstić information content (AvgIpc) is 2.21. The highest BCUT2D eigenvalue weighted by Gasteiger charge is 2.07. The van der Waals surface area contributed by atoms with E-state index in [0.717, 1.165) is 24.5 Å². The van der Waals surface area contributed by atoms with Crippen LogP contribution >= 0.6 is 0 Å². The third kappa shape index (κ3) is 4.26. The first-order chi connectivity index (χ1) is 6.74. The van der Waals surface area contributed by atoms with Crippen LogP contribution in [0.25, 0.3) is 0 Å². The molecule has 0 spiro atoms. The molecule has 0 saturated carbocycles. The minimum absolute atomic E-state index is 1.01. The van der Waals surface area contributed by atoms with Crippen molar-refractivity contribution in [2.45, 2.75) is 40.5 Å². The van der Waals surface area contributed by atoms with Gasteiger partial charge in [0.2, 0.25) is 0 Å². The highest BCUT2D eigenvalue weighted by Crippen LogP contribution is 2.16. The first-order valence-electron chi connectivity index (χ1n) is 5.35. The van der Waals surface area contributed by atoms with Crippen molar-refractivity contribution >= 4 is 5.71 Å². The first kappa shape index (κ1) is 12.9. The largest absolute Gasteiger partial charge is 0.370 e. The van der Waals surface area contributed by atoms with Gasteiger partial charge in [0.1, 0.15) is 5.82 Å². The molecule has 1 heterocycles. The van der Waals surface area contributed by atoms with E-state index in [0.29, 0.717) is 0 Å². The van der Waals surface area contributed by atoms with E-state index in [2.05, 4.69) is 16.9 Å². The van der Waals surface area contributed by atoms with Gasteiger partial charge in [0.05, 0.1) is 0 Å². The number of allylic oxidation sites excluding steroid dienone is 2. The van der Waals surface area contributed by atoms with Crippen LogP contribution in [0.1, 0.15) is 40.5 Å². The Bertz CT molecular complexity index is 233. The van der Waals surface area contributed by atoms with Crippen molar-refractivity contribution in [3.8, 4) is 0 Å². The molecular formula is C12H22N2. The SMILES string of the molecule is C=CC1=C(N=C(C)C)NCCC1.CC. The summed E-state index contributed by atoms with van der Waals surface area (Å²) >= 11 is 0. The molecule has 14 heavy (non-hydrogen) atoms. The molecule has 2 heteroatoms. The van der Waals surface area contributed by atoms with Gasteiger partial charge in [-0.25, -0.2) is 4.99 Å². The monoisotopic (exact) mass is 194 g/mol. The van der Waals surface area contributed by atoms with Gasteiger partial charge in [0.25, 0.3) is 0 Å². The van der Waals surface area contributed by atoms with Crippen LogP contribution in [0.3, 0.4) is 0 Å². The minimum atomic E-state index is 1.01. The summed E-state index contributed by atoms with van der Waals surface area (Å²) in [5.41, 5.74) is 2.32. The highest BCUT2D eigenvalue weighted by molar-refractivity contribution is 5.80. The summed E-state index contributed by atoms with van der Waals surface area (Å²) in [6, 6.07) is 0. The van der Waals surface area contributed by atoms with Crippen LogP contribution in [0.5, 0.6) is 0 Å². The van der Waals surface area contributed by atoms with E-state index in [1.54, 1.807) is 0 Å². The summed E-state index contributed by atoms with van der Waals surface area (Å²) in [5, 5.41) is 3.27. The Kier molecular flexibility index (Phi) is 6.81. The normalized spacial score (nSPS) is 14.9. The van der Waals surface area contributed by atoms with Crippen molar-refractivity contribution in [3.63, 3.8) is 0 Å². The summed E-state index contributed by atoms with van der Waals surface area (Å²) in [6.07, 6.45) is 4.18. The molecule has 0 aromatic rings. The fraction of sp³-hybridized carbons (Fsp3) is 0.583. The predicted molar refractivity (Wildman–Crippen MR) is 64.6 cm³/mol. The van der Waals surface area contributed by atoms with Gasteiger partial charge in [-0.05, 0) is 32.3 Å². The van der Waals surface area contributed by atoms with Crippen LogP contribution < -0.4 is 5.32 Å². The topological polar surface area (TPSA) is 24.4 Å². The van der Waals surface area contributed by atoms with Crippen LogP contribution in [0.15, 0.2) is 29.0 Å². The van der Waals surface area contributed by atoms with Crippen molar-refractivity contribution in [1.29, 1.82) is 0 Å². The second kappa shape index (κ2) is 7.36. The van der Waals surface area contributed by atoms with E-state index in [1.807, 2.05) is 33.8 Å². The Morgan fingerprint density at radius 3 is 2.57 bits per heavy atom. The third-order valence-electron chi connectivity index (χ3n) is 1.80. The standard InChI is InChI=1S/C10H16N2.C2H6/c1-4-9-6-5-7-11-10(9)12-8(2)3;1-2/h4,11H,1,5-7H2,2-3H3;1-2H3. The minimum Gasteiger partial charge on any atom is -0.370 e. The molecule has 0 amide bonds. The number of hydrogen-bond donors (Lipinski definition) is 1. The van der Waals surface area contributed by atoms with Crippen LogP contribution in [-0.4, -0.2) is 12.3 Å². The molecule has 0 aliphatic carbocycles. The van der Waals surface area contributed by atoms with Crippen LogP contribution in [-0.2, 0) is 0 Å². The second-order valence-electron chi connectivity index (χ2n) is 3.17. The fourth-order valence-corrected chi connectivity index (χ4v) is 1.25. The molecule has 1 N–H and O–H groups in total. The van der Waals surface area contributed by atoms with Crippen LogP contribution in [0.2, 0.25) is 0 Å². The summed E-state index contributed by atoms with van der Waals surface area (Å²) in [4.78, 5) is 4.40. The van der Waals surface area contributed by atoms with E-state index in [4.69, 9.17) is 0 Å². The number of nitrogens with one attached hydrogen (secondary N) is 1. The maximum atomic E-state index is 4.40. The zero-order chi connectivity index (χ0) is 11.0. The Morgan fingerprint density at radius 2 is 2.07 bits per heavy atom. The van der Waals surface area contributed by atoms with E-state index < -0.39 is 0 Å². The van der Waals surface area contributed by atoms with E-state index in [9.17, 15) is 0 Å². The molecule has 0 unspecified atom stereocenters. The lowest BCUT2D eigenvalue weighted by molar-refractivity contribution is 0.665. The predicted octanol–water partition coefficient (Wildman–Crippen LogP) is 3.27. The quantitative estimate of drug-likeness (QED) is 0.670. The molecule has 0 aromatic carbocycles. The van der Waals surface area contributed by atoms with Gasteiger partial charge < -0.3 is 5.32 Å². The molecule has 0 fully saturated rings. The van der Waals surface area contributed by atoms with Gasteiger partial charge in [-0.15, -0.1) is 0 Å². The van der Waals surface area contributed by atoms with Crippen molar-refractivity contribution < 1.29 is 0 Å². The number of hydrogen-bond acceptors (Lipinski definition) is 2. The molecule has 2 nitrogen and oxygen atoms in total. The second-order valence-corrected chi connectivity index (χ2v) is 3.17. The number of nitrogens with zero attached hydrogens (tertiary/aromatic N) is 1. The molecule has 0 saturated heterocycles. The molecule has 0 radical (unpaired) electrons. The first-order valence-corrected chi connectivity index (χ1v) is 5.35. The molecule has 0 bridgehead atoms. The van der Waals surface area contributed by atoms with Crippen molar-refractivity contribution in [2.24, 2.45) is 4.99 Å². The Labute approximate surface area is 87.8 Å². The van der Waals surface area contributed by atoms with Gasteiger partial charge in [0.15, 0.2) is 0 Å². The maximum Gasteiger partial charge on any atom is 0.129 e. The van der Waals surface area contributed by atoms with E-state index in [1.165, 1.54) is 12.0 Å². The Morgan fingerprint density at radius 1 is 1.43 bits per heavy atom. The lowest BCUT2D eigenvalue weighted by Gasteiger charge is -2.16. The van der Waals surface area contributed by atoms with Gasteiger partial charge in [-0.3, -0.25) is 0 Å². The molecular weight excluding hydrogens is 172 g/mol. The summed E-state index contributed by atoms with van der Waals surface area (Å²) in [7, 11) is 0. The third-order valence-corrected chi connectivity index (χ3v) is 1.80. The maximum absolute atomic E-state index is 4.40. The van der Waals surface area contributed by atoms with Crippen molar-refractivity contribution in [1.82, 2.24) is 5.32 Å². The van der Waals surface area contributed by atoms with Gasteiger partial charge >= 0.3 is 0 Å².